The van der Waals surface area contributed by atoms with Crippen LogP contribution in [0.3, 0.4) is 0 Å². The second kappa shape index (κ2) is 11.9. The molecule has 11 nitrogen and oxygen atoms in total. The lowest BCUT2D eigenvalue weighted by Crippen LogP contribution is -2.48. The van der Waals surface area contributed by atoms with Gasteiger partial charge in [-0.05, 0) is 39.0 Å². The molecule has 0 radical (unpaired) electrons. The number of hydrogen-bond acceptors (Lipinski definition) is 9. The van der Waals surface area contributed by atoms with Gasteiger partial charge in [-0.15, -0.1) is 0 Å². The zero-order valence-electron chi connectivity index (χ0n) is 20.2. The number of aromatic nitrogens is 2. The third kappa shape index (κ3) is 6.89. The minimum Gasteiger partial charge on any atom is -0.462 e. The van der Waals surface area contributed by atoms with E-state index in [0.717, 1.165) is 10.8 Å². The third-order valence-electron chi connectivity index (χ3n) is 5.32. The Balaban J connectivity index is 1.86. The van der Waals surface area contributed by atoms with Gasteiger partial charge in [-0.2, -0.15) is 5.09 Å². The number of nitrogens with zero attached hydrogens (tertiary/aromatic N) is 1. The maximum atomic E-state index is 15.1. The van der Waals surface area contributed by atoms with Gasteiger partial charge in [-0.3, -0.25) is 18.9 Å². The first kappa shape index (κ1) is 29.1. The van der Waals surface area contributed by atoms with Gasteiger partial charge in [-0.1, -0.05) is 30.4 Å². The first-order valence-electron chi connectivity index (χ1n) is 11.2. The van der Waals surface area contributed by atoms with E-state index < -0.39 is 68.9 Å². The van der Waals surface area contributed by atoms with E-state index in [1.54, 1.807) is 32.0 Å². The molecular weight excluding hydrogens is 535 g/mol. The molecule has 2 heterocycles. The Bertz CT molecular complexity index is 1250. The molecule has 37 heavy (non-hydrogen) atoms. The number of benzene rings is 1. The average Bonchev–Trinajstić information content (AvgIpc) is 3.08. The Morgan fingerprint density at radius 1 is 1.32 bits per heavy atom. The standard InChI is InChI=1S/C22H28F2N3O8PS/c1-13(2)33-20(29)14(3)26-36(31,35-15-7-5-4-6-8-15)32-12-22(11-23)18(28)17(24)19(34-22)27-10-9-16(37)25-21(27)30/h4-10,13-14,17-19,28H,11-12H2,1-3H3,(H,26,31)(H,25,30,37)/t14-,17-,18?,19+,22+,36?/m0/s1. The molecule has 1 saturated heterocycles. The molecule has 0 aliphatic carbocycles. The quantitative estimate of drug-likeness (QED) is 0.212. The van der Waals surface area contributed by atoms with E-state index in [0.29, 0.717) is 0 Å². The van der Waals surface area contributed by atoms with Crippen LogP contribution in [0.15, 0.2) is 47.4 Å². The van der Waals surface area contributed by atoms with Crippen LogP contribution in [-0.4, -0.2) is 63.9 Å². The summed E-state index contributed by atoms with van der Waals surface area (Å²) < 4.78 is 65.3. The summed E-state index contributed by atoms with van der Waals surface area (Å²) in [5, 5.41) is 13.0. The second-order valence-corrected chi connectivity index (χ2v) is 10.8. The van der Waals surface area contributed by atoms with E-state index in [4.69, 9.17) is 30.7 Å². The molecule has 0 saturated carbocycles. The van der Waals surface area contributed by atoms with E-state index in [2.05, 4.69) is 10.1 Å². The maximum absolute atomic E-state index is 15.1. The van der Waals surface area contributed by atoms with Crippen LogP contribution in [0.2, 0.25) is 0 Å². The van der Waals surface area contributed by atoms with Crippen LogP contribution in [0, 0.1) is 4.64 Å². The van der Waals surface area contributed by atoms with Gasteiger partial charge >= 0.3 is 19.4 Å². The Kier molecular flexibility index (Phi) is 9.37. The molecule has 15 heteroatoms. The molecule has 1 fully saturated rings. The Morgan fingerprint density at radius 3 is 2.59 bits per heavy atom. The maximum Gasteiger partial charge on any atom is 0.459 e. The number of carbonyl (C=O) groups is 1. The summed E-state index contributed by atoms with van der Waals surface area (Å²) in [6.45, 7) is 2.15. The highest BCUT2D eigenvalue weighted by Gasteiger charge is 2.57. The van der Waals surface area contributed by atoms with Crippen LogP contribution in [0.1, 0.15) is 27.0 Å². The van der Waals surface area contributed by atoms with Crippen molar-refractivity contribution in [3.05, 3.63) is 57.7 Å². The molecule has 2 aromatic rings. The van der Waals surface area contributed by atoms with Crippen LogP contribution in [0.25, 0.3) is 0 Å². The molecule has 1 aliphatic rings. The zero-order valence-corrected chi connectivity index (χ0v) is 21.9. The average molecular weight is 564 g/mol. The number of halogens is 2. The Hall–Kier alpha value is -2.48. The van der Waals surface area contributed by atoms with Gasteiger partial charge in [0.25, 0.3) is 0 Å². The van der Waals surface area contributed by atoms with Crippen molar-refractivity contribution in [1.29, 1.82) is 0 Å². The lowest BCUT2D eigenvalue weighted by Gasteiger charge is -2.31. The fraction of sp³-hybridized carbons (Fsp3) is 0.500. The molecule has 1 aromatic carbocycles. The van der Waals surface area contributed by atoms with Crippen molar-refractivity contribution >= 4 is 25.9 Å². The number of esters is 1. The van der Waals surface area contributed by atoms with Crippen LogP contribution in [-0.2, 0) is 23.4 Å². The van der Waals surface area contributed by atoms with Crippen molar-refractivity contribution in [3.63, 3.8) is 0 Å². The third-order valence-corrected chi connectivity index (χ3v) is 7.19. The lowest BCUT2D eigenvalue weighted by atomic mass is 9.98. The molecule has 3 N–H and O–H groups in total. The summed E-state index contributed by atoms with van der Waals surface area (Å²) in [5.74, 6) is -0.685. The number of hydrogen-bond donors (Lipinski definition) is 3. The van der Waals surface area contributed by atoms with E-state index in [9.17, 15) is 23.7 Å². The molecule has 3 rings (SSSR count). The summed E-state index contributed by atoms with van der Waals surface area (Å²) in [6, 6.07) is 7.86. The summed E-state index contributed by atoms with van der Waals surface area (Å²) in [5.41, 5.74) is -3.21. The molecule has 1 aliphatic heterocycles. The fourth-order valence-corrected chi connectivity index (χ4v) is 5.15. The highest BCUT2D eigenvalue weighted by molar-refractivity contribution is 7.71. The molecule has 204 valence electrons. The highest BCUT2D eigenvalue weighted by atomic mass is 32.1. The molecule has 0 bridgehead atoms. The predicted molar refractivity (Wildman–Crippen MR) is 130 cm³/mol. The number of ether oxygens (including phenoxy) is 2. The first-order chi connectivity index (χ1) is 17.4. The summed E-state index contributed by atoms with van der Waals surface area (Å²) >= 11 is 4.85. The fourth-order valence-electron chi connectivity index (χ4n) is 3.46. The van der Waals surface area contributed by atoms with E-state index in [-0.39, 0.29) is 10.4 Å². The number of para-hydroxylation sites is 1. The van der Waals surface area contributed by atoms with Gasteiger partial charge in [0.15, 0.2) is 18.0 Å². The van der Waals surface area contributed by atoms with Crippen molar-refractivity contribution in [2.45, 2.75) is 57.0 Å². The number of carbonyl (C=O) groups excluding carboxylic acids is 1. The number of aliphatic hydroxyl groups is 1. The van der Waals surface area contributed by atoms with Gasteiger partial charge in [0.05, 0.1) is 12.7 Å². The minimum atomic E-state index is -4.48. The number of aromatic amines is 1. The molecular formula is C22H28F2N3O8PS. The van der Waals surface area contributed by atoms with Crippen LogP contribution >= 0.6 is 20.0 Å². The summed E-state index contributed by atoms with van der Waals surface area (Å²) in [4.78, 5) is 26.8. The largest absolute Gasteiger partial charge is 0.462 e. The SMILES string of the molecule is CC(C)OC(=O)[C@H](C)NP(=O)(OC[C@@]1(CF)O[C@@H](n2ccc(=S)[nH]c2=O)[C@@H](F)C1O)Oc1ccccc1. The first-order valence-corrected chi connectivity index (χ1v) is 13.2. The topological polar surface area (TPSA) is 141 Å². The molecule has 0 spiro atoms. The molecule has 1 aromatic heterocycles. The van der Waals surface area contributed by atoms with Crippen molar-refractivity contribution in [2.75, 3.05) is 13.3 Å². The van der Waals surface area contributed by atoms with Crippen LogP contribution in [0.4, 0.5) is 8.78 Å². The van der Waals surface area contributed by atoms with Crippen molar-refractivity contribution in [3.8, 4) is 5.75 Å². The summed E-state index contributed by atoms with van der Waals surface area (Å²) in [7, 11) is -4.48. The predicted octanol–water partition coefficient (Wildman–Crippen LogP) is 2.98. The number of aliphatic hydroxyl groups excluding tert-OH is 1. The molecule has 6 atom stereocenters. The van der Waals surface area contributed by atoms with Crippen molar-refractivity contribution in [1.82, 2.24) is 14.6 Å². The number of alkyl halides is 2. The molecule has 0 amide bonds. The van der Waals surface area contributed by atoms with E-state index >= 15 is 4.39 Å². The van der Waals surface area contributed by atoms with Gasteiger partial charge in [0, 0.05) is 6.20 Å². The van der Waals surface area contributed by atoms with Crippen molar-refractivity contribution < 1.29 is 41.8 Å². The Morgan fingerprint density at radius 2 is 2.00 bits per heavy atom. The van der Waals surface area contributed by atoms with Gasteiger partial charge in [0.1, 0.15) is 29.2 Å². The monoisotopic (exact) mass is 563 g/mol. The number of nitrogens with one attached hydrogen (secondary N) is 2. The lowest BCUT2D eigenvalue weighted by molar-refractivity contribution is -0.149. The smallest absolute Gasteiger partial charge is 0.459 e. The number of H-pyrrole nitrogens is 1. The minimum absolute atomic E-state index is 0.0745. The Labute approximate surface area is 216 Å². The summed E-state index contributed by atoms with van der Waals surface area (Å²) in [6.07, 6.45) is -5.45. The van der Waals surface area contributed by atoms with E-state index in [1.807, 2.05) is 0 Å². The number of rotatable bonds is 11. The molecule has 2 unspecified atom stereocenters. The zero-order chi connectivity index (χ0) is 27.4. The highest BCUT2D eigenvalue weighted by Crippen LogP contribution is 2.48. The van der Waals surface area contributed by atoms with Gasteiger partial charge in [-0.25, -0.2) is 18.1 Å². The van der Waals surface area contributed by atoms with Gasteiger partial charge in [0.2, 0.25) is 0 Å². The van der Waals surface area contributed by atoms with E-state index in [1.165, 1.54) is 25.1 Å². The van der Waals surface area contributed by atoms with Gasteiger partial charge < -0.3 is 19.1 Å². The van der Waals surface area contributed by atoms with Crippen LogP contribution < -0.4 is 15.3 Å². The van der Waals surface area contributed by atoms with Crippen molar-refractivity contribution in [2.24, 2.45) is 0 Å². The normalized spacial score (nSPS) is 26.0. The van der Waals surface area contributed by atoms with Crippen LogP contribution in [0.5, 0.6) is 5.75 Å². The second-order valence-electron chi connectivity index (χ2n) is 8.63.